The smallest absolute Gasteiger partial charge is 0.427 e. The summed E-state index contributed by atoms with van der Waals surface area (Å²) in [5.74, 6) is -0.204. The average Bonchev–Trinajstić information content (AvgIpc) is 3.27. The summed E-state index contributed by atoms with van der Waals surface area (Å²) in [6.45, 7) is 1.57. The number of anilines is 1. The third-order valence-corrected chi connectivity index (χ3v) is 4.78. The molecule has 3 aromatic rings. The van der Waals surface area contributed by atoms with E-state index in [0.717, 1.165) is 12.1 Å². The standard InChI is InChI=1S/C19H13Cl2F4N7O2/c1-9(16-28-8-29-32(16)15-3-2-10(6-26)7-27-15)30-18(33)31-13-5-14(12(21)4-11(13)20)34-19(24,25)17(22)23/h2-5,7-9,17H,1H3,(H2,30,31,33). The summed E-state index contributed by atoms with van der Waals surface area (Å²) in [4.78, 5) is 20.6. The van der Waals surface area contributed by atoms with Crippen LogP contribution in [0.2, 0.25) is 10.0 Å². The summed E-state index contributed by atoms with van der Waals surface area (Å²) in [7, 11) is 0. The molecule has 3 rings (SSSR count). The monoisotopic (exact) mass is 517 g/mol. The van der Waals surface area contributed by atoms with Gasteiger partial charge in [-0.15, -0.1) is 0 Å². The number of nitrogens with zero attached hydrogens (tertiary/aromatic N) is 5. The van der Waals surface area contributed by atoms with Crippen LogP contribution in [-0.4, -0.2) is 38.3 Å². The minimum absolute atomic E-state index is 0.162. The zero-order valence-corrected chi connectivity index (χ0v) is 18.5. The maximum Gasteiger partial charge on any atom is 0.461 e. The van der Waals surface area contributed by atoms with Gasteiger partial charge in [0.15, 0.2) is 11.6 Å². The van der Waals surface area contributed by atoms with E-state index >= 15 is 0 Å². The third-order valence-electron chi connectivity index (χ3n) is 4.17. The number of nitriles is 1. The van der Waals surface area contributed by atoms with Crippen molar-refractivity contribution in [3.8, 4) is 17.6 Å². The molecule has 1 unspecified atom stereocenters. The molecule has 0 aliphatic heterocycles. The molecule has 2 aromatic heterocycles. The number of carbonyl (C=O) groups excluding carboxylic acids is 1. The number of alkyl halides is 4. The molecule has 1 atom stereocenters. The molecular weight excluding hydrogens is 505 g/mol. The Kier molecular flexibility index (Phi) is 7.43. The van der Waals surface area contributed by atoms with Crippen LogP contribution < -0.4 is 15.4 Å². The van der Waals surface area contributed by atoms with Gasteiger partial charge in [0.2, 0.25) is 0 Å². The van der Waals surface area contributed by atoms with Gasteiger partial charge in [0.25, 0.3) is 0 Å². The summed E-state index contributed by atoms with van der Waals surface area (Å²) in [5.41, 5.74) is 0.108. The second-order valence-electron chi connectivity index (χ2n) is 6.59. The molecule has 178 valence electrons. The van der Waals surface area contributed by atoms with Gasteiger partial charge in [0.1, 0.15) is 18.1 Å². The van der Waals surface area contributed by atoms with Crippen LogP contribution in [0.15, 0.2) is 36.8 Å². The fourth-order valence-corrected chi connectivity index (χ4v) is 3.08. The minimum atomic E-state index is -4.81. The lowest BCUT2D eigenvalue weighted by Gasteiger charge is -2.19. The first-order valence-corrected chi connectivity index (χ1v) is 9.95. The van der Waals surface area contributed by atoms with Crippen LogP contribution >= 0.6 is 23.2 Å². The lowest BCUT2D eigenvalue weighted by Crippen LogP contribution is -2.34. The molecule has 9 nitrogen and oxygen atoms in total. The molecule has 15 heteroatoms. The molecule has 0 spiro atoms. The first-order chi connectivity index (χ1) is 16.0. The minimum Gasteiger partial charge on any atom is -0.427 e. The van der Waals surface area contributed by atoms with Crippen LogP contribution in [0.5, 0.6) is 5.75 Å². The summed E-state index contributed by atoms with van der Waals surface area (Å²) in [5, 5.41) is 17.1. The molecule has 0 bridgehead atoms. The molecule has 1 aromatic carbocycles. The Morgan fingerprint density at radius 2 is 1.97 bits per heavy atom. The molecule has 2 amide bonds. The second-order valence-corrected chi connectivity index (χ2v) is 7.41. The first-order valence-electron chi connectivity index (χ1n) is 9.19. The summed E-state index contributed by atoms with van der Waals surface area (Å²) < 4.78 is 56.7. The number of carbonyl (C=O) groups is 1. The Bertz CT molecular complexity index is 1230. The van der Waals surface area contributed by atoms with Gasteiger partial charge in [0.05, 0.1) is 27.3 Å². The molecule has 0 aliphatic rings. The van der Waals surface area contributed by atoms with Crippen molar-refractivity contribution in [3.63, 3.8) is 0 Å². The molecule has 2 heterocycles. The number of rotatable bonds is 7. The van der Waals surface area contributed by atoms with Crippen LogP contribution in [-0.2, 0) is 0 Å². The fourth-order valence-electron chi connectivity index (χ4n) is 2.61. The first kappa shape index (κ1) is 25.0. The van der Waals surface area contributed by atoms with Gasteiger partial charge in [-0.1, -0.05) is 23.2 Å². The number of halogens is 6. The van der Waals surface area contributed by atoms with E-state index in [-0.39, 0.29) is 16.5 Å². The van der Waals surface area contributed by atoms with Crippen LogP contribution in [0.3, 0.4) is 0 Å². The zero-order chi connectivity index (χ0) is 25.0. The number of benzene rings is 1. The van der Waals surface area contributed by atoms with E-state index in [1.54, 1.807) is 6.92 Å². The number of nitrogens with one attached hydrogen (secondary N) is 2. The lowest BCUT2D eigenvalue weighted by molar-refractivity contribution is -0.253. The Balaban J connectivity index is 1.75. The normalized spacial score (nSPS) is 12.2. The van der Waals surface area contributed by atoms with E-state index in [1.165, 1.54) is 29.3 Å². The molecule has 0 radical (unpaired) electrons. The molecule has 2 N–H and O–H groups in total. The van der Waals surface area contributed by atoms with Crippen LogP contribution in [0, 0.1) is 11.3 Å². The highest BCUT2D eigenvalue weighted by molar-refractivity contribution is 6.37. The quantitative estimate of drug-likeness (QED) is 0.427. The number of ether oxygens (including phenoxy) is 1. The highest BCUT2D eigenvalue weighted by Gasteiger charge is 2.44. The van der Waals surface area contributed by atoms with Crippen LogP contribution in [0.1, 0.15) is 24.4 Å². The van der Waals surface area contributed by atoms with E-state index in [9.17, 15) is 22.4 Å². The van der Waals surface area contributed by atoms with Crippen molar-refractivity contribution >= 4 is 34.9 Å². The number of urea groups is 1. The Labute approximate surface area is 199 Å². The van der Waals surface area contributed by atoms with E-state index in [2.05, 4.69) is 30.4 Å². The van der Waals surface area contributed by atoms with Crippen molar-refractivity contribution in [2.24, 2.45) is 0 Å². The van der Waals surface area contributed by atoms with Crippen molar-refractivity contribution in [2.45, 2.75) is 25.5 Å². The van der Waals surface area contributed by atoms with Crippen molar-refractivity contribution in [2.75, 3.05) is 5.32 Å². The van der Waals surface area contributed by atoms with Crippen molar-refractivity contribution in [3.05, 3.63) is 58.2 Å². The highest BCUT2D eigenvalue weighted by Crippen LogP contribution is 2.38. The number of pyridine rings is 1. The molecule has 0 aliphatic carbocycles. The Morgan fingerprint density at radius 1 is 1.24 bits per heavy atom. The number of aromatic nitrogens is 4. The molecular formula is C19H13Cl2F4N7O2. The van der Waals surface area contributed by atoms with E-state index in [4.69, 9.17) is 28.5 Å². The van der Waals surface area contributed by atoms with Gasteiger partial charge in [0, 0.05) is 12.3 Å². The predicted octanol–water partition coefficient (Wildman–Crippen LogP) is 4.96. The van der Waals surface area contributed by atoms with Crippen molar-refractivity contribution < 1.29 is 27.1 Å². The molecule has 0 saturated carbocycles. The van der Waals surface area contributed by atoms with E-state index in [0.29, 0.717) is 11.4 Å². The topological polar surface area (TPSA) is 118 Å². The van der Waals surface area contributed by atoms with E-state index in [1.807, 2.05) is 6.07 Å². The molecule has 34 heavy (non-hydrogen) atoms. The highest BCUT2D eigenvalue weighted by atomic mass is 35.5. The van der Waals surface area contributed by atoms with Gasteiger partial charge in [-0.3, -0.25) is 0 Å². The van der Waals surface area contributed by atoms with Gasteiger partial charge >= 0.3 is 18.6 Å². The van der Waals surface area contributed by atoms with Gasteiger partial charge in [-0.25, -0.2) is 14.8 Å². The Morgan fingerprint density at radius 3 is 2.59 bits per heavy atom. The van der Waals surface area contributed by atoms with Gasteiger partial charge in [-0.05, 0) is 25.1 Å². The van der Waals surface area contributed by atoms with Crippen molar-refractivity contribution in [1.29, 1.82) is 5.26 Å². The number of amides is 2. The van der Waals surface area contributed by atoms with Gasteiger partial charge < -0.3 is 15.4 Å². The predicted molar refractivity (Wildman–Crippen MR) is 112 cm³/mol. The van der Waals surface area contributed by atoms with E-state index < -0.39 is 35.4 Å². The van der Waals surface area contributed by atoms with Crippen molar-refractivity contribution in [1.82, 2.24) is 25.1 Å². The molecule has 0 saturated heterocycles. The van der Waals surface area contributed by atoms with Crippen LogP contribution in [0.25, 0.3) is 5.82 Å². The largest absolute Gasteiger partial charge is 0.461 e. The Hall–Kier alpha value is -3.63. The van der Waals surface area contributed by atoms with Crippen LogP contribution in [0.4, 0.5) is 28.0 Å². The SMILES string of the molecule is CC(NC(=O)Nc1cc(OC(F)(F)C(F)F)c(Cl)cc1Cl)c1ncnn1-c1ccc(C#N)cn1. The number of hydrogen-bond acceptors (Lipinski definition) is 6. The zero-order valence-electron chi connectivity index (χ0n) is 16.9. The molecule has 0 fully saturated rings. The van der Waals surface area contributed by atoms with Gasteiger partial charge in [-0.2, -0.15) is 32.6 Å². The fraction of sp³-hybridized carbons (Fsp3) is 0.211. The summed E-state index contributed by atoms with van der Waals surface area (Å²) in [6.07, 6.45) is -6.35. The maximum atomic E-state index is 13.3. The second kappa shape index (κ2) is 10.1. The maximum absolute atomic E-state index is 13.3. The lowest BCUT2D eigenvalue weighted by atomic mass is 10.3. The number of hydrogen-bond donors (Lipinski definition) is 2. The third kappa shape index (κ3) is 5.64. The summed E-state index contributed by atoms with van der Waals surface area (Å²) in [6, 6.07) is 5.15. The average molecular weight is 518 g/mol. The summed E-state index contributed by atoms with van der Waals surface area (Å²) >= 11 is 11.7.